The van der Waals surface area contributed by atoms with Crippen LogP contribution in [0.4, 0.5) is 5.82 Å². The highest BCUT2D eigenvalue weighted by molar-refractivity contribution is 5.82. The van der Waals surface area contributed by atoms with Gasteiger partial charge in [-0.25, -0.2) is 15.0 Å². The first-order valence-electron chi connectivity index (χ1n) is 10.7. The van der Waals surface area contributed by atoms with Crippen molar-refractivity contribution >= 4 is 28.9 Å². The van der Waals surface area contributed by atoms with Gasteiger partial charge in [0.15, 0.2) is 28.5 Å². The summed E-state index contributed by atoms with van der Waals surface area (Å²) in [6, 6.07) is 5.73. The van der Waals surface area contributed by atoms with Gasteiger partial charge in [0.25, 0.3) is 0 Å². The van der Waals surface area contributed by atoms with Crippen LogP contribution in [-0.4, -0.2) is 57.1 Å². The molecule has 0 radical (unpaired) electrons. The van der Waals surface area contributed by atoms with E-state index in [1.54, 1.807) is 10.9 Å². The van der Waals surface area contributed by atoms with Crippen molar-refractivity contribution in [3.05, 3.63) is 36.4 Å². The van der Waals surface area contributed by atoms with E-state index in [9.17, 15) is 9.59 Å². The van der Waals surface area contributed by atoms with Gasteiger partial charge in [-0.05, 0) is 17.7 Å². The van der Waals surface area contributed by atoms with Crippen LogP contribution in [0.25, 0.3) is 11.2 Å². The Morgan fingerprint density at radius 2 is 2.00 bits per heavy atom. The number of aromatic nitrogens is 4. The highest BCUT2D eigenvalue weighted by Crippen LogP contribution is 2.34. The van der Waals surface area contributed by atoms with Crippen molar-refractivity contribution in [2.45, 2.75) is 45.2 Å². The van der Waals surface area contributed by atoms with Crippen molar-refractivity contribution in [1.29, 1.82) is 0 Å². The molecule has 2 aliphatic rings. The van der Waals surface area contributed by atoms with Gasteiger partial charge in [-0.15, -0.1) is 0 Å². The number of nitrogens with zero attached hydrogens (tertiary/aromatic N) is 4. The molecule has 0 spiro atoms. The molecule has 12 nitrogen and oxygen atoms in total. The Morgan fingerprint density at radius 3 is 2.82 bits per heavy atom. The summed E-state index contributed by atoms with van der Waals surface area (Å²) in [5.41, 5.74) is 2.12. The summed E-state index contributed by atoms with van der Waals surface area (Å²) in [4.78, 5) is 36.0. The van der Waals surface area contributed by atoms with Crippen LogP contribution in [0.1, 0.15) is 32.1 Å². The zero-order chi connectivity index (χ0) is 23.7. The maximum absolute atomic E-state index is 11.5. The summed E-state index contributed by atoms with van der Waals surface area (Å²) >= 11 is 0. The maximum Gasteiger partial charge on any atom is 0.303 e. The lowest BCUT2D eigenvalue weighted by Crippen LogP contribution is -2.31. The molecule has 0 amide bonds. The van der Waals surface area contributed by atoms with Gasteiger partial charge in [-0.3, -0.25) is 14.2 Å². The molecule has 4 heterocycles. The van der Waals surface area contributed by atoms with Gasteiger partial charge in [0.2, 0.25) is 6.79 Å². The van der Waals surface area contributed by atoms with Crippen molar-refractivity contribution in [3.63, 3.8) is 0 Å². The highest BCUT2D eigenvalue weighted by atomic mass is 16.7. The highest BCUT2D eigenvalue weighted by Gasteiger charge is 2.40. The number of ether oxygens (including phenoxy) is 5. The minimum Gasteiger partial charge on any atom is -0.463 e. The summed E-state index contributed by atoms with van der Waals surface area (Å²) in [6.45, 7) is 3.33. The lowest BCUT2D eigenvalue weighted by atomic mass is 10.2. The number of hydrogen-bond donors (Lipinski definition) is 1. The van der Waals surface area contributed by atoms with E-state index >= 15 is 0 Å². The number of carbonyl (C=O) groups is 2. The molecule has 2 aromatic heterocycles. The Bertz CT molecular complexity index is 1230. The first-order chi connectivity index (χ1) is 16.5. The van der Waals surface area contributed by atoms with E-state index in [-0.39, 0.29) is 13.4 Å². The molecule has 1 fully saturated rings. The average molecular weight is 469 g/mol. The summed E-state index contributed by atoms with van der Waals surface area (Å²) in [7, 11) is 0. The van der Waals surface area contributed by atoms with Crippen LogP contribution in [0.15, 0.2) is 30.9 Å². The summed E-state index contributed by atoms with van der Waals surface area (Å²) in [6.07, 6.45) is 1.74. The number of nitrogens with one attached hydrogen (secondary N) is 1. The van der Waals surface area contributed by atoms with Crippen molar-refractivity contribution in [2.75, 3.05) is 18.7 Å². The van der Waals surface area contributed by atoms with E-state index < -0.39 is 30.4 Å². The number of esters is 2. The molecule has 0 aliphatic carbocycles. The Hall–Kier alpha value is -3.93. The van der Waals surface area contributed by atoms with Crippen LogP contribution in [0, 0.1) is 0 Å². The summed E-state index contributed by atoms with van der Waals surface area (Å²) < 4.78 is 29.1. The van der Waals surface area contributed by atoms with E-state index in [2.05, 4.69) is 20.3 Å². The van der Waals surface area contributed by atoms with Crippen molar-refractivity contribution in [1.82, 2.24) is 19.5 Å². The molecule has 1 N–H and O–H groups in total. The first-order valence-corrected chi connectivity index (χ1v) is 10.7. The fourth-order valence-corrected chi connectivity index (χ4v) is 3.99. The number of fused-ring (bicyclic) bond motifs is 2. The largest absolute Gasteiger partial charge is 0.463 e. The lowest BCUT2D eigenvalue weighted by molar-refractivity contribution is -0.155. The van der Waals surface area contributed by atoms with Gasteiger partial charge in [0, 0.05) is 26.8 Å². The summed E-state index contributed by atoms with van der Waals surface area (Å²) in [5.74, 6) is 1.12. The zero-order valence-corrected chi connectivity index (χ0v) is 18.6. The molecule has 2 aliphatic heterocycles. The van der Waals surface area contributed by atoms with Gasteiger partial charge in [0.05, 0.1) is 6.33 Å². The van der Waals surface area contributed by atoms with Gasteiger partial charge in [0.1, 0.15) is 31.4 Å². The van der Waals surface area contributed by atoms with Crippen LogP contribution in [-0.2, 0) is 30.3 Å². The predicted molar refractivity (Wildman–Crippen MR) is 116 cm³/mol. The first kappa shape index (κ1) is 21.9. The summed E-state index contributed by atoms with van der Waals surface area (Å²) in [5, 5.41) is 3.28. The Kier molecular flexibility index (Phi) is 5.88. The van der Waals surface area contributed by atoms with Crippen LogP contribution in [0.5, 0.6) is 11.5 Å². The number of imidazole rings is 1. The second kappa shape index (κ2) is 9.14. The smallest absolute Gasteiger partial charge is 0.303 e. The molecule has 12 heteroatoms. The number of anilines is 1. The molecule has 1 aromatic carbocycles. The zero-order valence-electron chi connectivity index (χ0n) is 18.6. The fourth-order valence-electron chi connectivity index (χ4n) is 3.99. The number of benzene rings is 1. The van der Waals surface area contributed by atoms with E-state index in [1.807, 2.05) is 18.2 Å². The number of hydrogen-bond acceptors (Lipinski definition) is 11. The monoisotopic (exact) mass is 469 g/mol. The van der Waals surface area contributed by atoms with Crippen LogP contribution < -0.4 is 14.8 Å². The fraction of sp³-hybridized carbons (Fsp3) is 0.409. The minimum atomic E-state index is -0.597. The second-order valence-electron chi connectivity index (χ2n) is 7.90. The van der Waals surface area contributed by atoms with Crippen molar-refractivity contribution < 1.29 is 33.3 Å². The number of rotatable bonds is 7. The molecular formula is C22H23N5O7. The predicted octanol–water partition coefficient (Wildman–Crippen LogP) is 1.95. The SMILES string of the molecule is CC(=O)OCC1OC(n2cnc3c(NCc4ccc5c(c4)OCO5)ncnc32)CC1OC(C)=O. The molecule has 1 saturated heterocycles. The third-order valence-electron chi connectivity index (χ3n) is 5.51. The quantitative estimate of drug-likeness (QED) is 0.508. The van der Waals surface area contributed by atoms with Crippen molar-refractivity contribution in [2.24, 2.45) is 0 Å². The van der Waals surface area contributed by atoms with Gasteiger partial charge in [-0.2, -0.15) is 0 Å². The maximum atomic E-state index is 11.5. The van der Waals surface area contributed by atoms with E-state index in [0.717, 1.165) is 11.3 Å². The standard InChI is InChI=1S/C22H23N5O7/c1-12(28)30-8-18-17(33-13(2)29)6-19(34-18)27-10-26-20-21(24-9-25-22(20)27)23-7-14-3-4-15-16(5-14)32-11-31-15/h3-5,9-10,17-19H,6-8,11H2,1-2H3,(H,23,24,25). The molecular weight excluding hydrogens is 446 g/mol. The van der Waals surface area contributed by atoms with Crippen LogP contribution in [0.3, 0.4) is 0 Å². The van der Waals surface area contributed by atoms with Crippen LogP contribution >= 0.6 is 0 Å². The molecule has 0 bridgehead atoms. The molecule has 3 aromatic rings. The Balaban J connectivity index is 1.33. The van der Waals surface area contributed by atoms with E-state index in [0.29, 0.717) is 35.7 Å². The van der Waals surface area contributed by atoms with Crippen LogP contribution in [0.2, 0.25) is 0 Å². The molecule has 0 saturated carbocycles. The van der Waals surface area contributed by atoms with Gasteiger partial charge < -0.3 is 29.0 Å². The second-order valence-corrected chi connectivity index (χ2v) is 7.90. The third kappa shape index (κ3) is 4.44. The van der Waals surface area contributed by atoms with Gasteiger partial charge in [-0.1, -0.05) is 6.07 Å². The van der Waals surface area contributed by atoms with Gasteiger partial charge >= 0.3 is 11.9 Å². The molecule has 3 unspecified atom stereocenters. The lowest BCUT2D eigenvalue weighted by Gasteiger charge is -2.17. The topological polar surface area (TPSA) is 136 Å². The van der Waals surface area contributed by atoms with E-state index in [4.69, 9.17) is 23.7 Å². The average Bonchev–Trinajstić information content (AvgIpc) is 3.53. The van der Waals surface area contributed by atoms with Crippen molar-refractivity contribution in [3.8, 4) is 11.5 Å². The molecule has 178 valence electrons. The minimum absolute atomic E-state index is 0.0201. The molecule has 34 heavy (non-hydrogen) atoms. The molecule has 5 rings (SSSR count). The van der Waals surface area contributed by atoms with E-state index in [1.165, 1.54) is 20.2 Å². The normalized spacial score (nSPS) is 20.9. The third-order valence-corrected chi connectivity index (χ3v) is 5.51. The Morgan fingerprint density at radius 1 is 1.15 bits per heavy atom. The molecule has 3 atom stereocenters. The Labute approximate surface area is 194 Å². The number of carbonyl (C=O) groups excluding carboxylic acids is 2.